The number of methoxy groups -OCH3 is 1. The smallest absolute Gasteiger partial charge is 0.412 e. The minimum absolute atomic E-state index is 0.104. The number of halogens is 1. The lowest BCUT2D eigenvalue weighted by Gasteiger charge is -2.34. The largest absolute Gasteiger partial charge is 0.495 e. The minimum Gasteiger partial charge on any atom is -0.495 e. The maximum atomic E-state index is 13.1. The van der Waals surface area contributed by atoms with Crippen LogP contribution in [0.5, 0.6) is 5.75 Å². The van der Waals surface area contributed by atoms with E-state index in [1.807, 2.05) is 18.2 Å². The van der Waals surface area contributed by atoms with Crippen LogP contribution >= 0.6 is 0 Å². The van der Waals surface area contributed by atoms with Crippen LogP contribution in [-0.4, -0.2) is 54.8 Å². The summed E-state index contributed by atoms with van der Waals surface area (Å²) in [5.74, 6) is 0.771. The molecule has 0 bridgehead atoms. The van der Waals surface area contributed by atoms with Gasteiger partial charge in [0.1, 0.15) is 17.5 Å². The average Bonchev–Trinajstić information content (AvgIpc) is 2.86. The van der Waals surface area contributed by atoms with Crippen LogP contribution in [0.2, 0.25) is 0 Å². The van der Waals surface area contributed by atoms with E-state index in [1.54, 1.807) is 63.4 Å². The van der Waals surface area contributed by atoms with Crippen molar-refractivity contribution in [2.75, 3.05) is 30.8 Å². The highest BCUT2D eigenvalue weighted by molar-refractivity contribution is 5.98. The summed E-state index contributed by atoms with van der Waals surface area (Å²) in [7, 11) is 1.48. The zero-order chi connectivity index (χ0) is 28.2. The summed E-state index contributed by atoms with van der Waals surface area (Å²) in [6.07, 6.45) is 0.315. The fourth-order valence-electron chi connectivity index (χ4n) is 3.83. The molecule has 0 aliphatic carbocycles. The number of ether oxygens (including phenoxy) is 2. The molecule has 0 saturated carbocycles. The van der Waals surface area contributed by atoms with Gasteiger partial charge in [-0.05, 0) is 67.7 Å². The van der Waals surface area contributed by atoms with Gasteiger partial charge < -0.3 is 25.4 Å². The number of likely N-dealkylation sites (tertiary alicyclic amines) is 1. The molecular weight excluding hydrogens is 503 g/mol. The standard InChI is InChI=1S/C28H31FN6O4/c1-28(2,3)39-27(37)32-21-9-5-17(6-10-21)19-8-12-24(31-14-19)34-26(30)33-22-11-7-18(13-23(22)38-4)25(36)35-15-20(29)16-35/h5-14,20H,15-16H2,1-4H3,(H,32,37)(H3,30,31,33,34)/p+1. The van der Waals surface area contributed by atoms with Crippen molar-refractivity contribution in [2.45, 2.75) is 32.5 Å². The lowest BCUT2D eigenvalue weighted by molar-refractivity contribution is -0.361. The van der Waals surface area contributed by atoms with E-state index in [0.717, 1.165) is 11.1 Å². The highest BCUT2D eigenvalue weighted by atomic mass is 19.1. The van der Waals surface area contributed by atoms with Crippen LogP contribution in [0.1, 0.15) is 31.1 Å². The predicted molar refractivity (Wildman–Crippen MR) is 147 cm³/mol. The Balaban J connectivity index is 1.38. The van der Waals surface area contributed by atoms with Crippen LogP contribution in [0.25, 0.3) is 11.1 Å². The number of carbonyl (C=O) groups is 2. The molecule has 0 unspecified atom stereocenters. The number of anilines is 2. The number of pyridine rings is 1. The molecule has 204 valence electrons. The molecule has 10 nitrogen and oxygen atoms in total. The molecule has 1 saturated heterocycles. The van der Waals surface area contributed by atoms with Gasteiger partial charge in [-0.3, -0.25) is 10.1 Å². The molecule has 2 aromatic carbocycles. The molecule has 1 aliphatic heterocycles. The van der Waals surface area contributed by atoms with Crippen molar-refractivity contribution >= 4 is 35.2 Å². The summed E-state index contributed by atoms with van der Waals surface area (Å²) in [4.78, 5) is 33.3. The topological polar surface area (TPSA) is 132 Å². The number of H-pyrrole nitrogens is 1. The third-order valence-electron chi connectivity index (χ3n) is 5.74. The molecule has 0 atom stereocenters. The summed E-state index contributed by atoms with van der Waals surface area (Å²) in [5.41, 5.74) is 8.92. The monoisotopic (exact) mass is 535 g/mol. The number of aromatic nitrogens is 1. The average molecular weight is 536 g/mol. The lowest BCUT2D eigenvalue weighted by atomic mass is 10.1. The Morgan fingerprint density at radius 2 is 1.74 bits per heavy atom. The fourth-order valence-corrected chi connectivity index (χ4v) is 3.83. The number of benzene rings is 2. The molecule has 0 spiro atoms. The van der Waals surface area contributed by atoms with Gasteiger partial charge >= 0.3 is 17.9 Å². The fraction of sp³-hybridized carbons (Fsp3) is 0.286. The molecule has 2 heterocycles. The molecular formula is C28H32FN6O4+. The Kier molecular flexibility index (Phi) is 7.99. The molecule has 4 rings (SSSR count). The molecule has 3 aromatic rings. The van der Waals surface area contributed by atoms with Gasteiger partial charge in [0, 0.05) is 22.9 Å². The van der Waals surface area contributed by atoms with Crippen LogP contribution in [0.3, 0.4) is 0 Å². The number of nitrogens with one attached hydrogen (secondary N) is 3. The molecule has 1 aromatic heterocycles. The predicted octanol–water partition coefficient (Wildman–Crippen LogP) is 4.38. The van der Waals surface area contributed by atoms with Crippen LogP contribution in [0.4, 0.5) is 26.4 Å². The third kappa shape index (κ3) is 7.22. The summed E-state index contributed by atoms with van der Waals surface area (Å²) >= 11 is 0. The number of aromatic amines is 1. The van der Waals surface area contributed by atoms with Crippen LogP contribution < -0.4 is 26.1 Å². The van der Waals surface area contributed by atoms with E-state index >= 15 is 0 Å². The van der Waals surface area contributed by atoms with Gasteiger partial charge in [0.25, 0.3) is 5.91 Å². The van der Waals surface area contributed by atoms with Crippen LogP contribution in [0.15, 0.2) is 65.8 Å². The molecule has 1 aliphatic rings. The van der Waals surface area contributed by atoms with E-state index in [1.165, 1.54) is 12.0 Å². The number of amides is 2. The third-order valence-corrected chi connectivity index (χ3v) is 5.74. The van der Waals surface area contributed by atoms with Crippen LogP contribution in [-0.2, 0) is 4.74 Å². The van der Waals surface area contributed by atoms with Gasteiger partial charge in [-0.25, -0.2) is 14.2 Å². The van der Waals surface area contributed by atoms with E-state index in [4.69, 9.17) is 15.2 Å². The Morgan fingerprint density at radius 1 is 1.05 bits per heavy atom. The van der Waals surface area contributed by atoms with Crippen LogP contribution in [0, 0.1) is 0 Å². The normalized spacial score (nSPS) is 13.9. The first-order valence-electron chi connectivity index (χ1n) is 12.4. The number of nitrogens with zero attached hydrogens (tertiary/aromatic N) is 2. The van der Waals surface area contributed by atoms with Crippen molar-refractivity contribution in [2.24, 2.45) is 10.7 Å². The van der Waals surface area contributed by atoms with Crippen molar-refractivity contribution in [3.63, 3.8) is 0 Å². The van der Waals surface area contributed by atoms with E-state index < -0.39 is 17.9 Å². The van der Waals surface area contributed by atoms with Gasteiger partial charge in [0.05, 0.1) is 32.1 Å². The first-order chi connectivity index (χ1) is 18.5. The van der Waals surface area contributed by atoms with E-state index in [0.29, 0.717) is 28.5 Å². The number of carbonyl (C=O) groups excluding carboxylic acids is 2. The number of guanidine groups is 1. The number of aliphatic imine (C=N–C) groups is 1. The molecule has 2 amide bonds. The highest BCUT2D eigenvalue weighted by Crippen LogP contribution is 2.27. The van der Waals surface area contributed by atoms with E-state index in [-0.39, 0.29) is 25.0 Å². The van der Waals surface area contributed by atoms with Gasteiger partial charge in [-0.2, -0.15) is 0 Å². The Morgan fingerprint density at radius 3 is 2.33 bits per heavy atom. The van der Waals surface area contributed by atoms with Crippen molar-refractivity contribution < 1.29 is 28.4 Å². The molecule has 11 heteroatoms. The second-order valence-electron chi connectivity index (χ2n) is 10.0. The van der Waals surface area contributed by atoms with Gasteiger partial charge in [0.15, 0.2) is 0 Å². The number of rotatable bonds is 6. The Bertz CT molecular complexity index is 1360. The summed E-state index contributed by atoms with van der Waals surface area (Å²) in [6.45, 7) is 5.63. The van der Waals surface area contributed by atoms with E-state index in [9.17, 15) is 14.0 Å². The first kappa shape index (κ1) is 27.4. The maximum absolute atomic E-state index is 13.1. The van der Waals surface area contributed by atoms with Gasteiger partial charge in [0.2, 0.25) is 0 Å². The maximum Gasteiger partial charge on any atom is 0.412 e. The summed E-state index contributed by atoms with van der Waals surface area (Å²) in [5, 5.41) is 5.68. The van der Waals surface area contributed by atoms with Crippen molar-refractivity contribution in [3.05, 3.63) is 66.4 Å². The molecule has 5 N–H and O–H groups in total. The highest BCUT2D eigenvalue weighted by Gasteiger charge is 2.31. The quantitative estimate of drug-likeness (QED) is 0.317. The van der Waals surface area contributed by atoms with Gasteiger partial charge in [-0.1, -0.05) is 12.1 Å². The summed E-state index contributed by atoms with van der Waals surface area (Å²) in [6, 6.07) is 15.9. The summed E-state index contributed by atoms with van der Waals surface area (Å²) < 4.78 is 23.8. The van der Waals surface area contributed by atoms with Crippen molar-refractivity contribution in [1.29, 1.82) is 0 Å². The second kappa shape index (κ2) is 11.4. The SMILES string of the molecule is COc1cc(C(=O)N2CC(F)C2)ccc1NC(N)=Nc1ccc(-c2ccc(NC(=O)OC(C)(C)C)cc2)c[nH+]1. The Labute approximate surface area is 226 Å². The van der Waals surface area contributed by atoms with E-state index in [2.05, 4.69) is 20.6 Å². The zero-order valence-corrected chi connectivity index (χ0v) is 22.2. The second-order valence-corrected chi connectivity index (χ2v) is 10.0. The van der Waals surface area contributed by atoms with Crippen molar-refractivity contribution in [3.8, 4) is 16.9 Å². The molecule has 39 heavy (non-hydrogen) atoms. The number of hydrogen-bond acceptors (Lipinski definition) is 5. The number of alkyl halides is 1. The zero-order valence-electron chi connectivity index (χ0n) is 22.2. The Hall–Kier alpha value is -4.67. The van der Waals surface area contributed by atoms with Gasteiger partial charge in [-0.15, -0.1) is 0 Å². The minimum atomic E-state index is -0.965. The number of nitrogens with two attached hydrogens (primary N) is 1. The van der Waals surface area contributed by atoms with Crippen molar-refractivity contribution in [1.82, 2.24) is 4.90 Å². The lowest BCUT2D eigenvalue weighted by Crippen LogP contribution is -2.51. The molecule has 0 radical (unpaired) electrons. The molecule has 1 fully saturated rings. The number of hydrogen-bond donors (Lipinski definition) is 3. The first-order valence-corrected chi connectivity index (χ1v) is 12.4.